The number of halogens is 1. The topological polar surface area (TPSA) is 47.3 Å². The molecule has 0 radical (unpaired) electrons. The van der Waals surface area contributed by atoms with E-state index in [2.05, 4.69) is 5.32 Å². The number of benzene rings is 2. The number of nitrogens with one attached hydrogen (secondary N) is 1. The van der Waals surface area contributed by atoms with Crippen LogP contribution in [-0.2, 0) is 0 Å². The maximum atomic E-state index is 5.83. The Morgan fingerprint density at radius 1 is 1.21 bits per heavy atom. The number of thiocarbonyl (C=S) groups is 1. The molecular formula is C14H13ClN2OS. The number of rotatable bonds is 3. The first kappa shape index (κ1) is 13.6. The molecule has 2 aromatic carbocycles. The van der Waals surface area contributed by atoms with Gasteiger partial charge in [0.1, 0.15) is 5.75 Å². The molecule has 5 heteroatoms. The molecule has 0 aliphatic carbocycles. The summed E-state index contributed by atoms with van der Waals surface area (Å²) in [6, 6.07) is 12.9. The molecule has 2 aromatic rings. The van der Waals surface area contributed by atoms with Crippen LogP contribution in [0.5, 0.6) is 11.5 Å². The first-order chi connectivity index (χ1) is 9.04. The third kappa shape index (κ3) is 3.84. The summed E-state index contributed by atoms with van der Waals surface area (Å²) < 4.78 is 5.78. The quantitative estimate of drug-likeness (QED) is 0.836. The van der Waals surface area contributed by atoms with Crippen molar-refractivity contribution in [2.24, 2.45) is 5.73 Å². The van der Waals surface area contributed by atoms with Gasteiger partial charge in [0.15, 0.2) is 10.9 Å². The summed E-state index contributed by atoms with van der Waals surface area (Å²) in [7, 11) is 0. The molecule has 0 aliphatic rings. The Morgan fingerprint density at radius 2 is 1.89 bits per heavy atom. The zero-order chi connectivity index (χ0) is 13.8. The van der Waals surface area contributed by atoms with Crippen LogP contribution in [0.2, 0.25) is 5.02 Å². The lowest BCUT2D eigenvalue weighted by atomic mass is 10.2. The van der Waals surface area contributed by atoms with Crippen LogP contribution in [0.25, 0.3) is 0 Å². The van der Waals surface area contributed by atoms with Crippen LogP contribution in [0.1, 0.15) is 5.56 Å². The molecule has 98 valence electrons. The number of aryl methyl sites for hydroxylation is 1. The maximum absolute atomic E-state index is 5.83. The van der Waals surface area contributed by atoms with Gasteiger partial charge in [-0.25, -0.2) is 0 Å². The van der Waals surface area contributed by atoms with Gasteiger partial charge in [-0.2, -0.15) is 0 Å². The zero-order valence-corrected chi connectivity index (χ0v) is 11.9. The minimum atomic E-state index is 0.201. The lowest BCUT2D eigenvalue weighted by molar-refractivity contribution is 0.485. The highest BCUT2D eigenvalue weighted by Crippen LogP contribution is 2.30. The number of hydrogen-bond acceptors (Lipinski definition) is 2. The van der Waals surface area contributed by atoms with Gasteiger partial charge in [-0.05, 0) is 61.1 Å². The van der Waals surface area contributed by atoms with E-state index >= 15 is 0 Å². The molecule has 0 saturated heterocycles. The summed E-state index contributed by atoms with van der Waals surface area (Å²) in [6.07, 6.45) is 0. The minimum absolute atomic E-state index is 0.201. The average molecular weight is 293 g/mol. The number of nitrogens with two attached hydrogens (primary N) is 1. The molecule has 0 heterocycles. The molecule has 3 N–H and O–H groups in total. The van der Waals surface area contributed by atoms with E-state index in [9.17, 15) is 0 Å². The molecule has 2 rings (SSSR count). The predicted molar refractivity (Wildman–Crippen MR) is 83.1 cm³/mol. The second kappa shape index (κ2) is 5.91. The summed E-state index contributed by atoms with van der Waals surface area (Å²) in [6.45, 7) is 1.98. The fraction of sp³-hybridized carbons (Fsp3) is 0.0714. The van der Waals surface area contributed by atoms with Gasteiger partial charge < -0.3 is 15.8 Å². The molecule has 19 heavy (non-hydrogen) atoms. The van der Waals surface area contributed by atoms with Gasteiger partial charge >= 0.3 is 0 Å². The summed E-state index contributed by atoms with van der Waals surface area (Å²) in [5.74, 6) is 1.35. The van der Waals surface area contributed by atoms with Crippen molar-refractivity contribution in [2.75, 3.05) is 5.32 Å². The van der Waals surface area contributed by atoms with Crippen LogP contribution in [0, 0.1) is 6.92 Å². The lowest BCUT2D eigenvalue weighted by Crippen LogP contribution is -2.19. The summed E-state index contributed by atoms with van der Waals surface area (Å²) >= 11 is 10.7. The molecule has 0 amide bonds. The van der Waals surface area contributed by atoms with Crippen LogP contribution in [0.4, 0.5) is 5.69 Å². The van der Waals surface area contributed by atoms with Gasteiger partial charge in [-0.15, -0.1) is 0 Å². The third-order valence-electron chi connectivity index (χ3n) is 2.43. The summed E-state index contributed by atoms with van der Waals surface area (Å²) in [5, 5.41) is 3.77. The summed E-state index contributed by atoms with van der Waals surface area (Å²) in [4.78, 5) is 0. The molecule has 0 aromatic heterocycles. The van der Waals surface area contributed by atoms with Crippen molar-refractivity contribution in [2.45, 2.75) is 6.92 Å². The van der Waals surface area contributed by atoms with Gasteiger partial charge in [0.05, 0.1) is 5.69 Å². The SMILES string of the molecule is Cc1ccc(Oc2ccc(Cl)cc2)c(NC(N)=S)c1. The van der Waals surface area contributed by atoms with Crippen molar-refractivity contribution in [3.8, 4) is 11.5 Å². The molecule has 0 unspecified atom stereocenters. The van der Waals surface area contributed by atoms with Crippen LogP contribution < -0.4 is 15.8 Å². The molecule has 0 bridgehead atoms. The second-order valence-corrected chi connectivity index (χ2v) is 4.92. The van der Waals surface area contributed by atoms with Crippen LogP contribution in [-0.4, -0.2) is 5.11 Å². The standard InChI is InChI=1S/C14H13ClN2OS/c1-9-2-7-13(12(8-9)17-14(16)19)18-11-5-3-10(15)4-6-11/h2-8H,1H3,(H3,16,17,19). The first-order valence-corrected chi connectivity index (χ1v) is 6.44. The van der Waals surface area contributed by atoms with Crippen molar-refractivity contribution >= 4 is 34.6 Å². The van der Waals surface area contributed by atoms with Crippen molar-refractivity contribution in [1.29, 1.82) is 0 Å². The summed E-state index contributed by atoms with van der Waals surface area (Å²) in [5.41, 5.74) is 7.33. The Hall–Kier alpha value is -1.78. The van der Waals surface area contributed by atoms with Crippen LogP contribution in [0.15, 0.2) is 42.5 Å². The number of hydrogen-bond donors (Lipinski definition) is 2. The number of ether oxygens (including phenoxy) is 1. The zero-order valence-electron chi connectivity index (χ0n) is 10.3. The molecule has 0 fully saturated rings. The fourth-order valence-corrected chi connectivity index (χ4v) is 1.83. The van der Waals surface area contributed by atoms with Gasteiger partial charge in [0, 0.05) is 5.02 Å². The van der Waals surface area contributed by atoms with E-state index in [1.54, 1.807) is 24.3 Å². The smallest absolute Gasteiger partial charge is 0.168 e. The molecule has 0 atom stereocenters. The normalized spacial score (nSPS) is 10.0. The Labute approximate surface area is 122 Å². The maximum Gasteiger partial charge on any atom is 0.168 e. The van der Waals surface area contributed by atoms with Crippen molar-refractivity contribution in [3.05, 3.63) is 53.1 Å². The second-order valence-electron chi connectivity index (χ2n) is 4.04. The highest BCUT2D eigenvalue weighted by Gasteiger charge is 2.06. The first-order valence-electron chi connectivity index (χ1n) is 5.65. The molecular weight excluding hydrogens is 280 g/mol. The van der Waals surface area contributed by atoms with E-state index in [1.165, 1.54) is 0 Å². The third-order valence-corrected chi connectivity index (χ3v) is 2.79. The van der Waals surface area contributed by atoms with Crippen molar-refractivity contribution in [1.82, 2.24) is 0 Å². The Kier molecular flexibility index (Phi) is 4.24. The van der Waals surface area contributed by atoms with Crippen molar-refractivity contribution < 1.29 is 4.74 Å². The molecule has 0 aliphatic heterocycles. The van der Waals surface area contributed by atoms with Gasteiger partial charge in [-0.3, -0.25) is 0 Å². The van der Waals surface area contributed by atoms with Crippen molar-refractivity contribution in [3.63, 3.8) is 0 Å². The van der Waals surface area contributed by atoms with Gasteiger partial charge in [0.25, 0.3) is 0 Å². The van der Waals surface area contributed by atoms with Crippen LogP contribution in [0.3, 0.4) is 0 Å². The van der Waals surface area contributed by atoms with E-state index < -0.39 is 0 Å². The van der Waals surface area contributed by atoms with Gasteiger partial charge in [-0.1, -0.05) is 17.7 Å². The fourth-order valence-electron chi connectivity index (χ4n) is 1.59. The van der Waals surface area contributed by atoms with E-state index in [-0.39, 0.29) is 5.11 Å². The monoisotopic (exact) mass is 292 g/mol. The van der Waals surface area contributed by atoms with Gasteiger partial charge in [0.2, 0.25) is 0 Å². The largest absolute Gasteiger partial charge is 0.455 e. The lowest BCUT2D eigenvalue weighted by Gasteiger charge is -2.13. The van der Waals surface area contributed by atoms with E-state index in [0.717, 1.165) is 11.3 Å². The average Bonchev–Trinajstić information content (AvgIpc) is 2.34. The molecule has 0 saturated carbocycles. The Bertz CT molecular complexity index is 599. The highest BCUT2D eigenvalue weighted by atomic mass is 35.5. The van der Waals surface area contributed by atoms with E-state index in [0.29, 0.717) is 16.5 Å². The Morgan fingerprint density at radius 3 is 2.53 bits per heavy atom. The highest BCUT2D eigenvalue weighted by molar-refractivity contribution is 7.80. The number of anilines is 1. The Balaban J connectivity index is 2.28. The van der Waals surface area contributed by atoms with E-state index in [1.807, 2.05) is 25.1 Å². The van der Waals surface area contributed by atoms with E-state index in [4.69, 9.17) is 34.3 Å². The molecule has 0 spiro atoms. The van der Waals surface area contributed by atoms with Crippen LogP contribution >= 0.6 is 23.8 Å². The predicted octanol–water partition coefficient (Wildman–Crippen LogP) is 4.10. The minimum Gasteiger partial charge on any atom is -0.455 e. The molecule has 3 nitrogen and oxygen atoms in total.